The molecule has 0 saturated carbocycles. The van der Waals surface area contributed by atoms with Crippen LogP contribution in [0.15, 0.2) is 40.8 Å². The zero-order chi connectivity index (χ0) is 25.2. The Kier molecular flexibility index (Phi) is 7.62. The van der Waals surface area contributed by atoms with E-state index in [2.05, 4.69) is 10.2 Å². The van der Waals surface area contributed by atoms with E-state index in [0.717, 1.165) is 42.4 Å². The molecule has 0 N–H and O–H groups in total. The first-order valence-corrected chi connectivity index (χ1v) is 12.7. The van der Waals surface area contributed by atoms with E-state index in [1.54, 1.807) is 0 Å². The Bertz CT molecular complexity index is 1300. The number of anilines is 1. The van der Waals surface area contributed by atoms with Gasteiger partial charge in [0.1, 0.15) is 11.6 Å². The van der Waals surface area contributed by atoms with Crippen molar-refractivity contribution in [3.63, 3.8) is 0 Å². The van der Waals surface area contributed by atoms with Crippen LogP contribution in [0.5, 0.6) is 0 Å². The highest BCUT2D eigenvalue weighted by molar-refractivity contribution is 7.92. The third kappa shape index (κ3) is 5.93. The Morgan fingerprint density at radius 2 is 1.80 bits per heavy atom. The second kappa shape index (κ2) is 10.5. The molecule has 1 saturated heterocycles. The molecule has 0 unspecified atom stereocenters. The van der Waals surface area contributed by atoms with Crippen LogP contribution in [0.2, 0.25) is 5.02 Å². The lowest BCUT2D eigenvalue weighted by atomic mass is 10.1. The Labute approximate surface area is 204 Å². The monoisotopic (exact) mass is 532 g/mol. The molecule has 0 spiro atoms. The van der Waals surface area contributed by atoms with Gasteiger partial charge in [-0.15, -0.1) is 10.2 Å². The minimum absolute atomic E-state index is 0.00690. The number of nitrogens with zero attached hydrogens (tertiary/aromatic N) is 4. The van der Waals surface area contributed by atoms with Crippen LogP contribution >= 0.6 is 11.6 Å². The van der Waals surface area contributed by atoms with E-state index in [1.807, 2.05) is 4.90 Å². The summed E-state index contributed by atoms with van der Waals surface area (Å²) in [6.45, 7) is 1.51. The van der Waals surface area contributed by atoms with E-state index >= 15 is 0 Å². The van der Waals surface area contributed by atoms with Gasteiger partial charge in [-0.2, -0.15) is 8.78 Å². The standard InChI is InChI=1S/C22H21ClF4N4O3S/c23-17-12-16(5-6-18(17)24)31(35(32,33)10-9-30-7-1-2-8-30)13-15-4-3-14(11-19(15)25)21-28-29-22(34-21)20(26)27/h3-6,11-12,20H,1-2,7-10,13H2. The maximum atomic E-state index is 15.0. The maximum absolute atomic E-state index is 15.0. The van der Waals surface area contributed by atoms with Crippen LogP contribution in [0.3, 0.4) is 0 Å². The lowest BCUT2D eigenvalue weighted by Crippen LogP contribution is -2.37. The van der Waals surface area contributed by atoms with Crippen LogP contribution in [0, 0.1) is 11.6 Å². The maximum Gasteiger partial charge on any atom is 0.314 e. The molecule has 0 amide bonds. The number of halogens is 5. The van der Waals surface area contributed by atoms with E-state index in [1.165, 1.54) is 24.3 Å². The highest BCUT2D eigenvalue weighted by Crippen LogP contribution is 2.29. The summed E-state index contributed by atoms with van der Waals surface area (Å²) in [6.07, 6.45) is -0.983. The fraction of sp³-hybridized carbons (Fsp3) is 0.364. The minimum Gasteiger partial charge on any atom is -0.415 e. The van der Waals surface area contributed by atoms with E-state index in [4.69, 9.17) is 16.0 Å². The molecule has 1 fully saturated rings. The summed E-state index contributed by atoms with van der Waals surface area (Å²) in [7, 11) is -3.96. The molecule has 0 atom stereocenters. The normalized spacial score (nSPS) is 14.7. The molecule has 7 nitrogen and oxygen atoms in total. The van der Waals surface area contributed by atoms with Crippen molar-refractivity contribution in [2.45, 2.75) is 25.8 Å². The number of sulfonamides is 1. The molecular formula is C22H21ClF4N4O3S. The van der Waals surface area contributed by atoms with Crippen molar-refractivity contribution in [1.82, 2.24) is 15.1 Å². The first-order valence-electron chi connectivity index (χ1n) is 10.7. The number of aromatic nitrogens is 2. The second-order valence-electron chi connectivity index (χ2n) is 8.02. The lowest BCUT2D eigenvalue weighted by Gasteiger charge is -2.26. The number of benzene rings is 2. The molecule has 0 aliphatic carbocycles. The topological polar surface area (TPSA) is 79.5 Å². The molecule has 1 aliphatic heterocycles. The van der Waals surface area contributed by atoms with Gasteiger partial charge in [0.25, 0.3) is 5.89 Å². The molecule has 0 bridgehead atoms. The van der Waals surface area contributed by atoms with E-state index in [-0.39, 0.29) is 33.5 Å². The Hall–Kier alpha value is -2.70. The number of hydrogen-bond acceptors (Lipinski definition) is 6. The van der Waals surface area contributed by atoms with Crippen molar-refractivity contribution >= 4 is 27.3 Å². The number of likely N-dealkylation sites (tertiary alicyclic amines) is 1. The average Bonchev–Trinajstić information content (AvgIpc) is 3.51. The Morgan fingerprint density at radius 3 is 2.43 bits per heavy atom. The van der Waals surface area contributed by atoms with E-state index < -0.39 is 40.5 Å². The van der Waals surface area contributed by atoms with Crippen molar-refractivity contribution in [3.8, 4) is 11.5 Å². The summed E-state index contributed by atoms with van der Waals surface area (Å²) in [6, 6.07) is 7.10. The smallest absolute Gasteiger partial charge is 0.314 e. The predicted molar refractivity (Wildman–Crippen MR) is 122 cm³/mol. The summed E-state index contributed by atoms with van der Waals surface area (Å²) in [5.74, 6) is -2.95. The summed E-state index contributed by atoms with van der Waals surface area (Å²) in [4.78, 5) is 2.03. The summed E-state index contributed by atoms with van der Waals surface area (Å²) < 4.78 is 86.5. The first kappa shape index (κ1) is 25.4. The molecule has 3 aromatic rings. The summed E-state index contributed by atoms with van der Waals surface area (Å²) >= 11 is 5.88. The molecule has 13 heteroatoms. The largest absolute Gasteiger partial charge is 0.415 e. The van der Waals surface area contributed by atoms with Gasteiger partial charge in [0.15, 0.2) is 0 Å². The highest BCUT2D eigenvalue weighted by Gasteiger charge is 2.27. The van der Waals surface area contributed by atoms with Crippen molar-refractivity contribution in [3.05, 3.63) is 64.5 Å². The molecule has 2 aromatic carbocycles. The molecule has 2 heterocycles. The van der Waals surface area contributed by atoms with Gasteiger partial charge in [0.2, 0.25) is 15.9 Å². The molecule has 188 valence electrons. The third-order valence-electron chi connectivity index (χ3n) is 5.63. The van der Waals surface area contributed by atoms with Gasteiger partial charge in [-0.3, -0.25) is 4.31 Å². The van der Waals surface area contributed by atoms with Crippen LogP contribution in [0.1, 0.15) is 30.7 Å². The van der Waals surface area contributed by atoms with Gasteiger partial charge >= 0.3 is 6.43 Å². The van der Waals surface area contributed by atoms with Gasteiger partial charge in [-0.1, -0.05) is 17.7 Å². The Morgan fingerprint density at radius 1 is 1.06 bits per heavy atom. The second-order valence-corrected chi connectivity index (χ2v) is 10.4. The van der Waals surface area contributed by atoms with E-state index in [9.17, 15) is 26.0 Å². The first-order chi connectivity index (χ1) is 16.6. The quantitative estimate of drug-likeness (QED) is 0.359. The number of alkyl halides is 2. The highest BCUT2D eigenvalue weighted by atomic mass is 35.5. The predicted octanol–water partition coefficient (Wildman–Crippen LogP) is 5.04. The molecule has 0 radical (unpaired) electrons. The van der Waals surface area contributed by atoms with E-state index in [0.29, 0.717) is 6.54 Å². The van der Waals surface area contributed by atoms with Crippen molar-refractivity contribution in [1.29, 1.82) is 0 Å². The Balaban J connectivity index is 1.62. The fourth-order valence-corrected chi connectivity index (χ4v) is 5.41. The molecule has 1 aromatic heterocycles. The molecule has 4 rings (SSSR count). The van der Waals surface area contributed by atoms with Gasteiger partial charge in [-0.05, 0) is 56.3 Å². The van der Waals surface area contributed by atoms with Gasteiger partial charge in [-0.25, -0.2) is 17.2 Å². The van der Waals surface area contributed by atoms with Crippen molar-refractivity contribution in [2.75, 3.05) is 29.7 Å². The van der Waals surface area contributed by atoms with Crippen LogP contribution in [0.25, 0.3) is 11.5 Å². The molecule has 1 aliphatic rings. The van der Waals surface area contributed by atoms with Gasteiger partial charge < -0.3 is 9.32 Å². The average molecular weight is 533 g/mol. The summed E-state index contributed by atoms with van der Waals surface area (Å²) in [5.41, 5.74) is 0.131. The van der Waals surface area contributed by atoms with Crippen molar-refractivity contribution < 1.29 is 30.4 Å². The number of rotatable bonds is 9. The zero-order valence-electron chi connectivity index (χ0n) is 18.3. The molecular weight excluding hydrogens is 512 g/mol. The van der Waals surface area contributed by atoms with Crippen molar-refractivity contribution in [2.24, 2.45) is 0 Å². The SMILES string of the molecule is O=S(=O)(CCN1CCCC1)N(Cc1ccc(-c2nnc(C(F)F)o2)cc1F)c1ccc(F)c(Cl)c1. The van der Waals surface area contributed by atoms with Gasteiger partial charge in [0.05, 0.1) is 23.0 Å². The zero-order valence-corrected chi connectivity index (χ0v) is 19.9. The lowest BCUT2D eigenvalue weighted by molar-refractivity contribution is 0.116. The van der Waals surface area contributed by atoms with Crippen LogP contribution in [-0.2, 0) is 16.6 Å². The molecule has 35 heavy (non-hydrogen) atoms. The number of hydrogen-bond donors (Lipinski definition) is 0. The van der Waals surface area contributed by atoms with Crippen LogP contribution < -0.4 is 4.31 Å². The fourth-order valence-electron chi connectivity index (χ4n) is 3.75. The third-order valence-corrected chi connectivity index (χ3v) is 7.63. The van der Waals surface area contributed by atoms with Crippen LogP contribution in [-0.4, -0.2) is 48.9 Å². The minimum atomic E-state index is -3.96. The van der Waals surface area contributed by atoms with Crippen LogP contribution in [0.4, 0.5) is 23.2 Å². The summed E-state index contributed by atoms with van der Waals surface area (Å²) in [5, 5.41) is 6.42. The van der Waals surface area contributed by atoms with Gasteiger partial charge in [0, 0.05) is 17.7 Å².